The van der Waals surface area contributed by atoms with E-state index in [-0.39, 0.29) is 17.3 Å². The molecular formula is C10H11ClN2O4. The van der Waals surface area contributed by atoms with E-state index in [0.29, 0.717) is 17.7 Å². The Morgan fingerprint density at radius 1 is 1.47 bits per heavy atom. The molecular weight excluding hydrogens is 248 g/mol. The van der Waals surface area contributed by atoms with Gasteiger partial charge in [0.2, 0.25) is 0 Å². The van der Waals surface area contributed by atoms with E-state index < -0.39 is 12.1 Å². The van der Waals surface area contributed by atoms with Gasteiger partial charge in [-0.3, -0.25) is 0 Å². The number of amides is 1. The van der Waals surface area contributed by atoms with E-state index in [9.17, 15) is 9.59 Å². The fraction of sp³-hybridized carbons (Fsp3) is 0.300. The molecule has 1 aromatic heterocycles. The molecule has 0 saturated heterocycles. The lowest BCUT2D eigenvalue weighted by molar-refractivity contribution is 0.0690. The number of aromatic nitrogens is 1. The molecule has 3 N–H and O–H groups in total. The number of carboxylic acids is 1. The first-order valence-corrected chi connectivity index (χ1v) is 5.21. The number of carbonyl (C=O) groups is 2. The molecule has 0 aliphatic rings. The van der Waals surface area contributed by atoms with Gasteiger partial charge in [0, 0.05) is 0 Å². The highest BCUT2D eigenvalue weighted by atomic mass is 35.5. The summed E-state index contributed by atoms with van der Waals surface area (Å²) in [4.78, 5) is 25.0. The Bertz CT molecular complexity index is 462. The predicted octanol–water partition coefficient (Wildman–Crippen LogP) is 1.76. The molecule has 6 nitrogen and oxygen atoms in total. The molecule has 1 heterocycles. The van der Waals surface area contributed by atoms with Crippen LogP contribution in [0.25, 0.3) is 0 Å². The number of aryl methyl sites for hydroxylation is 1. The lowest BCUT2D eigenvalue weighted by Gasteiger charge is -2.08. The first-order chi connectivity index (χ1) is 7.95. The summed E-state index contributed by atoms with van der Waals surface area (Å²) in [6.07, 6.45) is -0.654. The fourth-order valence-electron chi connectivity index (χ4n) is 1.30. The van der Waals surface area contributed by atoms with E-state index in [2.05, 4.69) is 10.3 Å². The third-order valence-electron chi connectivity index (χ3n) is 2.09. The minimum absolute atomic E-state index is 0.0558. The SMILES string of the molecule is CCc1cc(CNC(=O)O)nc(C(=O)O)c1Cl. The molecule has 0 saturated carbocycles. The van der Waals surface area contributed by atoms with Crippen molar-refractivity contribution in [2.24, 2.45) is 0 Å². The number of halogens is 1. The Hall–Kier alpha value is -1.82. The second kappa shape index (κ2) is 5.49. The average molecular weight is 259 g/mol. The van der Waals surface area contributed by atoms with Gasteiger partial charge in [0.05, 0.1) is 17.3 Å². The summed E-state index contributed by atoms with van der Waals surface area (Å²) in [6, 6.07) is 1.59. The lowest BCUT2D eigenvalue weighted by atomic mass is 10.1. The Morgan fingerprint density at radius 2 is 2.12 bits per heavy atom. The smallest absolute Gasteiger partial charge is 0.404 e. The van der Waals surface area contributed by atoms with Crippen molar-refractivity contribution in [1.82, 2.24) is 10.3 Å². The molecule has 0 fully saturated rings. The maximum atomic E-state index is 10.9. The average Bonchev–Trinajstić information content (AvgIpc) is 2.27. The Morgan fingerprint density at radius 3 is 2.59 bits per heavy atom. The highest BCUT2D eigenvalue weighted by Crippen LogP contribution is 2.21. The fourth-order valence-corrected chi connectivity index (χ4v) is 1.61. The van der Waals surface area contributed by atoms with Crippen LogP contribution in [0.15, 0.2) is 6.07 Å². The number of hydrogen-bond donors (Lipinski definition) is 3. The molecule has 1 amide bonds. The Kier molecular flexibility index (Phi) is 4.28. The number of hydrogen-bond acceptors (Lipinski definition) is 3. The van der Waals surface area contributed by atoms with Crippen LogP contribution in [0.4, 0.5) is 4.79 Å². The summed E-state index contributed by atoms with van der Waals surface area (Å²) in [5.74, 6) is -1.23. The zero-order chi connectivity index (χ0) is 13.0. The van der Waals surface area contributed by atoms with Crippen LogP contribution in [-0.4, -0.2) is 27.3 Å². The van der Waals surface area contributed by atoms with E-state index in [1.54, 1.807) is 6.07 Å². The first-order valence-electron chi connectivity index (χ1n) is 4.84. The number of rotatable bonds is 4. The van der Waals surface area contributed by atoms with Crippen molar-refractivity contribution < 1.29 is 19.8 Å². The van der Waals surface area contributed by atoms with Gasteiger partial charge >= 0.3 is 12.1 Å². The van der Waals surface area contributed by atoms with Gasteiger partial charge in [0.15, 0.2) is 5.69 Å². The van der Waals surface area contributed by atoms with E-state index >= 15 is 0 Å². The second-order valence-electron chi connectivity index (χ2n) is 3.25. The van der Waals surface area contributed by atoms with Crippen LogP contribution >= 0.6 is 11.6 Å². The van der Waals surface area contributed by atoms with Gasteiger partial charge in [-0.15, -0.1) is 0 Å². The van der Waals surface area contributed by atoms with Crippen molar-refractivity contribution in [2.75, 3.05) is 0 Å². The highest BCUT2D eigenvalue weighted by Gasteiger charge is 2.15. The topological polar surface area (TPSA) is 99.5 Å². The largest absolute Gasteiger partial charge is 0.476 e. The summed E-state index contributed by atoms with van der Waals surface area (Å²) in [7, 11) is 0. The number of carboxylic acid groups (broad SMARTS) is 2. The van der Waals surface area contributed by atoms with Crippen LogP contribution in [0.3, 0.4) is 0 Å². The number of nitrogens with zero attached hydrogens (tertiary/aromatic N) is 1. The van der Waals surface area contributed by atoms with Crippen LogP contribution in [0.1, 0.15) is 28.7 Å². The Labute approximate surface area is 102 Å². The molecule has 1 aromatic rings. The number of nitrogens with one attached hydrogen (secondary N) is 1. The molecule has 0 atom stereocenters. The van der Waals surface area contributed by atoms with Crippen LogP contribution in [0.5, 0.6) is 0 Å². The number of aromatic carboxylic acids is 1. The molecule has 0 radical (unpaired) electrons. The van der Waals surface area contributed by atoms with Crippen LogP contribution in [0.2, 0.25) is 5.02 Å². The molecule has 0 spiro atoms. The standard InChI is InChI=1S/C10H11ClN2O4/c1-2-5-3-6(4-12-10(16)17)13-8(7(5)11)9(14)15/h3,12H,2,4H2,1H3,(H,14,15)(H,16,17). The van der Waals surface area contributed by atoms with Crippen LogP contribution < -0.4 is 5.32 Å². The van der Waals surface area contributed by atoms with Gasteiger partial charge < -0.3 is 15.5 Å². The maximum absolute atomic E-state index is 10.9. The van der Waals surface area contributed by atoms with Gasteiger partial charge in [-0.2, -0.15) is 0 Å². The van der Waals surface area contributed by atoms with E-state index in [4.69, 9.17) is 21.8 Å². The molecule has 1 rings (SSSR count). The number of pyridine rings is 1. The minimum atomic E-state index is -1.23. The molecule has 0 aromatic carbocycles. The van der Waals surface area contributed by atoms with Crippen molar-refractivity contribution in [1.29, 1.82) is 0 Å². The molecule has 0 aliphatic heterocycles. The van der Waals surface area contributed by atoms with E-state index in [0.717, 1.165) is 0 Å². The summed E-state index contributed by atoms with van der Waals surface area (Å²) >= 11 is 5.86. The minimum Gasteiger partial charge on any atom is -0.476 e. The predicted molar refractivity (Wildman–Crippen MR) is 60.4 cm³/mol. The zero-order valence-electron chi connectivity index (χ0n) is 9.03. The second-order valence-corrected chi connectivity index (χ2v) is 3.63. The Balaban J connectivity index is 3.11. The van der Waals surface area contributed by atoms with Gasteiger partial charge in [0.1, 0.15) is 0 Å². The van der Waals surface area contributed by atoms with Gasteiger partial charge in [-0.25, -0.2) is 14.6 Å². The third kappa shape index (κ3) is 3.32. The van der Waals surface area contributed by atoms with Crippen LogP contribution in [0, 0.1) is 0 Å². The van der Waals surface area contributed by atoms with E-state index in [1.807, 2.05) is 6.92 Å². The van der Waals surface area contributed by atoms with E-state index in [1.165, 1.54) is 0 Å². The summed E-state index contributed by atoms with van der Waals surface area (Å²) < 4.78 is 0. The van der Waals surface area contributed by atoms with Crippen molar-refractivity contribution in [3.05, 3.63) is 28.0 Å². The molecule has 0 bridgehead atoms. The first kappa shape index (κ1) is 13.2. The normalized spacial score (nSPS) is 10.0. The van der Waals surface area contributed by atoms with Gasteiger partial charge in [0.25, 0.3) is 0 Å². The van der Waals surface area contributed by atoms with Crippen molar-refractivity contribution in [2.45, 2.75) is 19.9 Å². The zero-order valence-corrected chi connectivity index (χ0v) is 9.78. The van der Waals surface area contributed by atoms with Gasteiger partial charge in [-0.1, -0.05) is 18.5 Å². The molecule has 92 valence electrons. The highest BCUT2D eigenvalue weighted by molar-refractivity contribution is 6.34. The molecule has 0 unspecified atom stereocenters. The van der Waals surface area contributed by atoms with Crippen molar-refractivity contribution in [3.63, 3.8) is 0 Å². The van der Waals surface area contributed by atoms with Crippen LogP contribution in [-0.2, 0) is 13.0 Å². The summed E-state index contributed by atoms with van der Waals surface area (Å²) in [5.41, 5.74) is 0.695. The van der Waals surface area contributed by atoms with Crippen molar-refractivity contribution in [3.8, 4) is 0 Å². The third-order valence-corrected chi connectivity index (χ3v) is 2.51. The molecule has 17 heavy (non-hydrogen) atoms. The van der Waals surface area contributed by atoms with Crippen molar-refractivity contribution >= 4 is 23.7 Å². The molecule has 0 aliphatic carbocycles. The quantitative estimate of drug-likeness (QED) is 0.764. The molecule has 7 heteroatoms. The maximum Gasteiger partial charge on any atom is 0.404 e. The lowest BCUT2D eigenvalue weighted by Crippen LogP contribution is -2.21. The monoisotopic (exact) mass is 258 g/mol. The summed E-state index contributed by atoms with van der Waals surface area (Å²) in [5, 5.41) is 19.6. The van der Waals surface area contributed by atoms with Gasteiger partial charge in [-0.05, 0) is 18.1 Å². The summed E-state index contributed by atoms with van der Waals surface area (Å²) in [6.45, 7) is 1.76.